The Kier molecular flexibility index (Phi) is 10.1. The van der Waals surface area contributed by atoms with E-state index < -0.39 is 0 Å². The number of ether oxygens (including phenoxy) is 1. The average molecular weight is 253 g/mol. The third-order valence-electron chi connectivity index (χ3n) is 3.37. The molecular formula is C16H31NO. The molecule has 0 aliphatic rings. The fraction of sp³-hybridized carbons (Fsp3) is 0.938. The van der Waals surface area contributed by atoms with Gasteiger partial charge in [0.2, 0.25) is 0 Å². The minimum absolute atomic E-state index is 0.175. The van der Waals surface area contributed by atoms with E-state index in [2.05, 4.69) is 19.9 Å². The van der Waals surface area contributed by atoms with Gasteiger partial charge in [0.1, 0.15) is 0 Å². The quantitative estimate of drug-likeness (QED) is 0.481. The summed E-state index contributed by atoms with van der Waals surface area (Å²) < 4.78 is 5.79. The van der Waals surface area contributed by atoms with Gasteiger partial charge in [0, 0.05) is 6.61 Å². The van der Waals surface area contributed by atoms with Crippen LogP contribution in [0, 0.1) is 16.7 Å². The lowest BCUT2D eigenvalue weighted by Gasteiger charge is -2.16. The molecule has 0 aliphatic carbocycles. The number of rotatable bonds is 11. The third kappa shape index (κ3) is 10.6. The highest BCUT2D eigenvalue weighted by atomic mass is 16.5. The van der Waals surface area contributed by atoms with Gasteiger partial charge in [-0.1, -0.05) is 32.6 Å². The Balaban J connectivity index is 3.36. The fourth-order valence-corrected chi connectivity index (χ4v) is 1.95. The molecule has 0 aromatic rings. The molecule has 0 amide bonds. The van der Waals surface area contributed by atoms with Gasteiger partial charge in [0.25, 0.3) is 0 Å². The lowest BCUT2D eigenvalue weighted by molar-refractivity contribution is 0.0550. The summed E-state index contributed by atoms with van der Waals surface area (Å²) in [5.74, 6) is 0. The lowest BCUT2D eigenvalue weighted by atomic mass is 9.89. The van der Waals surface area contributed by atoms with Gasteiger partial charge >= 0.3 is 0 Å². The molecule has 0 spiro atoms. The summed E-state index contributed by atoms with van der Waals surface area (Å²) in [5.41, 5.74) is -0.175. The van der Waals surface area contributed by atoms with Crippen molar-refractivity contribution in [1.29, 1.82) is 5.26 Å². The highest BCUT2D eigenvalue weighted by Gasteiger charge is 2.15. The molecule has 0 saturated heterocycles. The van der Waals surface area contributed by atoms with E-state index >= 15 is 0 Å². The molecule has 0 heterocycles. The zero-order valence-electron chi connectivity index (χ0n) is 12.8. The van der Waals surface area contributed by atoms with E-state index in [1.54, 1.807) is 0 Å². The van der Waals surface area contributed by atoms with Crippen LogP contribution in [0.3, 0.4) is 0 Å². The van der Waals surface area contributed by atoms with Gasteiger partial charge < -0.3 is 4.74 Å². The summed E-state index contributed by atoms with van der Waals surface area (Å²) in [6.45, 7) is 9.26. The molecule has 1 unspecified atom stereocenters. The highest BCUT2D eigenvalue weighted by molar-refractivity contribution is 4.91. The SMILES string of the molecule is CCCCCCC(C)OCCCCC(C)(C)C#N. The van der Waals surface area contributed by atoms with Crippen molar-refractivity contribution >= 4 is 0 Å². The number of nitrogens with zero attached hydrogens (tertiary/aromatic N) is 1. The minimum Gasteiger partial charge on any atom is -0.379 e. The summed E-state index contributed by atoms with van der Waals surface area (Å²) in [4.78, 5) is 0. The van der Waals surface area contributed by atoms with E-state index in [1.807, 2.05) is 13.8 Å². The van der Waals surface area contributed by atoms with Gasteiger partial charge in [0.15, 0.2) is 0 Å². The van der Waals surface area contributed by atoms with Gasteiger partial charge in [-0.2, -0.15) is 5.26 Å². The number of nitriles is 1. The van der Waals surface area contributed by atoms with Crippen molar-refractivity contribution < 1.29 is 4.74 Å². The predicted molar refractivity (Wildman–Crippen MR) is 77.4 cm³/mol. The van der Waals surface area contributed by atoms with Crippen LogP contribution in [0.5, 0.6) is 0 Å². The number of hydrogen-bond donors (Lipinski definition) is 0. The maximum absolute atomic E-state index is 8.90. The van der Waals surface area contributed by atoms with Gasteiger partial charge in [-0.05, 0) is 46.5 Å². The van der Waals surface area contributed by atoms with Crippen molar-refractivity contribution in [3.05, 3.63) is 0 Å². The van der Waals surface area contributed by atoms with Crippen molar-refractivity contribution in [2.75, 3.05) is 6.61 Å². The Labute approximate surface area is 114 Å². The molecule has 18 heavy (non-hydrogen) atoms. The molecule has 0 N–H and O–H groups in total. The molecule has 0 aromatic carbocycles. The number of hydrogen-bond acceptors (Lipinski definition) is 2. The van der Waals surface area contributed by atoms with E-state index in [0.717, 1.165) is 25.9 Å². The van der Waals surface area contributed by atoms with Crippen LogP contribution in [-0.2, 0) is 4.74 Å². The van der Waals surface area contributed by atoms with Crippen molar-refractivity contribution in [2.45, 2.75) is 85.2 Å². The van der Waals surface area contributed by atoms with Crippen LogP contribution in [0.25, 0.3) is 0 Å². The van der Waals surface area contributed by atoms with Crippen LogP contribution >= 0.6 is 0 Å². The van der Waals surface area contributed by atoms with E-state index in [-0.39, 0.29) is 5.41 Å². The Morgan fingerprint density at radius 3 is 2.44 bits per heavy atom. The Hall–Kier alpha value is -0.550. The Bertz CT molecular complexity index is 230. The van der Waals surface area contributed by atoms with Crippen molar-refractivity contribution in [1.82, 2.24) is 0 Å². The monoisotopic (exact) mass is 253 g/mol. The second-order valence-electron chi connectivity index (χ2n) is 5.98. The highest BCUT2D eigenvalue weighted by Crippen LogP contribution is 2.21. The van der Waals surface area contributed by atoms with E-state index in [0.29, 0.717) is 6.10 Å². The molecule has 1 atom stereocenters. The molecule has 2 nitrogen and oxygen atoms in total. The first-order chi connectivity index (χ1) is 8.52. The third-order valence-corrected chi connectivity index (χ3v) is 3.37. The molecule has 2 heteroatoms. The normalized spacial score (nSPS) is 13.3. The average Bonchev–Trinajstić information content (AvgIpc) is 2.34. The molecule has 0 rings (SSSR count). The van der Waals surface area contributed by atoms with Crippen molar-refractivity contribution in [3.8, 4) is 6.07 Å². The summed E-state index contributed by atoms with van der Waals surface area (Å²) >= 11 is 0. The van der Waals surface area contributed by atoms with Crippen LogP contribution in [0.15, 0.2) is 0 Å². The fourth-order valence-electron chi connectivity index (χ4n) is 1.95. The first-order valence-corrected chi connectivity index (χ1v) is 7.54. The van der Waals surface area contributed by atoms with Crippen LogP contribution in [-0.4, -0.2) is 12.7 Å². The minimum atomic E-state index is -0.175. The molecule has 0 saturated carbocycles. The Morgan fingerprint density at radius 2 is 1.83 bits per heavy atom. The standard InChI is InChI=1S/C16H31NO/c1-5-6-7-8-11-15(2)18-13-10-9-12-16(3,4)14-17/h15H,5-13H2,1-4H3. The van der Waals surface area contributed by atoms with Crippen LogP contribution < -0.4 is 0 Å². The van der Waals surface area contributed by atoms with Gasteiger partial charge in [-0.25, -0.2) is 0 Å². The summed E-state index contributed by atoms with van der Waals surface area (Å²) in [6.07, 6.45) is 9.97. The van der Waals surface area contributed by atoms with Gasteiger partial charge in [-0.3, -0.25) is 0 Å². The molecule has 0 radical (unpaired) electrons. The molecule has 0 fully saturated rings. The number of unbranched alkanes of at least 4 members (excludes halogenated alkanes) is 4. The van der Waals surface area contributed by atoms with Crippen LogP contribution in [0.1, 0.15) is 79.1 Å². The first-order valence-electron chi connectivity index (χ1n) is 7.54. The second-order valence-corrected chi connectivity index (χ2v) is 5.98. The maximum Gasteiger partial charge on any atom is 0.0683 e. The van der Waals surface area contributed by atoms with E-state index in [1.165, 1.54) is 32.1 Å². The topological polar surface area (TPSA) is 33.0 Å². The zero-order valence-corrected chi connectivity index (χ0v) is 12.8. The molecule has 0 aliphatic heterocycles. The summed E-state index contributed by atoms with van der Waals surface area (Å²) in [5, 5.41) is 8.90. The van der Waals surface area contributed by atoms with Crippen LogP contribution in [0.4, 0.5) is 0 Å². The zero-order chi connectivity index (χ0) is 13.9. The molecule has 106 valence electrons. The van der Waals surface area contributed by atoms with Gasteiger partial charge in [-0.15, -0.1) is 0 Å². The second kappa shape index (κ2) is 10.4. The maximum atomic E-state index is 8.90. The Morgan fingerprint density at radius 1 is 1.11 bits per heavy atom. The lowest BCUT2D eigenvalue weighted by Crippen LogP contribution is -2.11. The first kappa shape index (κ1) is 17.4. The largest absolute Gasteiger partial charge is 0.379 e. The molecular weight excluding hydrogens is 222 g/mol. The van der Waals surface area contributed by atoms with Crippen LogP contribution in [0.2, 0.25) is 0 Å². The predicted octanol–water partition coefficient (Wildman–Crippen LogP) is 5.08. The summed E-state index contributed by atoms with van der Waals surface area (Å²) in [7, 11) is 0. The van der Waals surface area contributed by atoms with Gasteiger partial charge in [0.05, 0.1) is 17.6 Å². The van der Waals surface area contributed by atoms with E-state index in [9.17, 15) is 0 Å². The molecule has 0 aromatic heterocycles. The summed E-state index contributed by atoms with van der Waals surface area (Å²) in [6, 6.07) is 2.34. The van der Waals surface area contributed by atoms with Crippen molar-refractivity contribution in [3.63, 3.8) is 0 Å². The van der Waals surface area contributed by atoms with E-state index in [4.69, 9.17) is 10.00 Å². The van der Waals surface area contributed by atoms with Crippen molar-refractivity contribution in [2.24, 2.45) is 5.41 Å². The smallest absolute Gasteiger partial charge is 0.0683 e. The molecule has 0 bridgehead atoms.